The molecule has 37 heavy (non-hydrogen) atoms. The summed E-state index contributed by atoms with van der Waals surface area (Å²) in [5, 5.41) is 27.0. The Kier molecular flexibility index (Phi) is 8.05. The van der Waals surface area contributed by atoms with E-state index >= 15 is 0 Å². The van der Waals surface area contributed by atoms with Gasteiger partial charge in [-0.3, -0.25) is 4.52 Å². The second kappa shape index (κ2) is 11.6. The Morgan fingerprint density at radius 1 is 1.14 bits per heavy atom. The van der Waals surface area contributed by atoms with Crippen LogP contribution < -0.4 is 19.3 Å². The average molecular weight is 516 g/mol. The lowest BCUT2D eigenvalue weighted by Gasteiger charge is -2.17. The van der Waals surface area contributed by atoms with E-state index in [0.29, 0.717) is 38.9 Å². The summed E-state index contributed by atoms with van der Waals surface area (Å²) in [4.78, 5) is 8.73. The number of ether oxygens (including phenoxy) is 2. The third-order valence-electron chi connectivity index (χ3n) is 5.43. The van der Waals surface area contributed by atoms with Crippen LogP contribution in [0.25, 0.3) is 22.4 Å². The first-order valence-electron chi connectivity index (χ1n) is 11.4. The highest BCUT2D eigenvalue weighted by Crippen LogP contribution is 2.42. The van der Waals surface area contributed by atoms with Gasteiger partial charge < -0.3 is 14.6 Å². The lowest BCUT2D eigenvalue weighted by Crippen LogP contribution is -2.36. The number of para-hydroxylation sites is 1. The number of nitriles is 1. The fraction of sp³-hybridized carbons (Fsp3) is 0.222. The van der Waals surface area contributed by atoms with Gasteiger partial charge >= 0.3 is 5.88 Å². The van der Waals surface area contributed by atoms with Crippen molar-refractivity contribution in [3.05, 3.63) is 66.4 Å². The van der Waals surface area contributed by atoms with Crippen molar-refractivity contribution in [1.29, 1.82) is 5.26 Å². The van der Waals surface area contributed by atoms with Crippen molar-refractivity contribution >= 4 is 23.5 Å². The molecule has 0 N–H and O–H groups in total. The lowest BCUT2D eigenvalue weighted by atomic mass is 9.98. The van der Waals surface area contributed by atoms with Gasteiger partial charge in [0.15, 0.2) is 17.5 Å². The third-order valence-corrected chi connectivity index (χ3v) is 6.39. The van der Waals surface area contributed by atoms with Crippen LogP contribution in [-0.2, 0) is 0 Å². The second-order valence-electron chi connectivity index (χ2n) is 8.16. The van der Waals surface area contributed by atoms with E-state index in [9.17, 15) is 10.4 Å². The zero-order valence-electron chi connectivity index (χ0n) is 20.8. The number of rotatable bonds is 9. The molecule has 9 nitrogen and oxygen atoms in total. The topological polar surface area (TPSA) is 120 Å². The smallest absolute Gasteiger partial charge is 0.320 e. The van der Waals surface area contributed by atoms with Crippen molar-refractivity contribution in [3.63, 3.8) is 0 Å². The molecule has 0 bridgehead atoms. The molecule has 2 heterocycles. The van der Waals surface area contributed by atoms with E-state index in [2.05, 4.69) is 16.3 Å². The van der Waals surface area contributed by atoms with Gasteiger partial charge in [-0.2, -0.15) is 5.26 Å². The second-order valence-corrected chi connectivity index (χ2v) is 9.13. The van der Waals surface area contributed by atoms with Gasteiger partial charge in [0, 0.05) is 22.4 Å². The van der Waals surface area contributed by atoms with Crippen molar-refractivity contribution in [2.24, 2.45) is 4.99 Å². The molecule has 0 aliphatic carbocycles. The molecular weight excluding hydrogens is 490 g/mol. The Hall–Kier alpha value is -4.36. The van der Waals surface area contributed by atoms with Gasteiger partial charge in [-0.25, -0.2) is 9.98 Å². The summed E-state index contributed by atoms with van der Waals surface area (Å²) in [6, 6.07) is 19.3. The van der Waals surface area contributed by atoms with E-state index in [-0.39, 0.29) is 17.7 Å². The molecule has 0 spiro atoms. The van der Waals surface area contributed by atoms with Crippen LogP contribution in [0.1, 0.15) is 25.5 Å². The number of nitrogens with zero attached hydrogens (tertiary/aromatic N) is 5. The number of thioether (sulfide) groups is 1. The number of methoxy groups -OCH3 is 2. The van der Waals surface area contributed by atoms with Gasteiger partial charge in [-0.15, -0.1) is 0 Å². The molecule has 0 aliphatic rings. The molecule has 0 atom stereocenters. The highest BCUT2D eigenvalue weighted by molar-refractivity contribution is 8.00. The molecule has 10 heteroatoms. The molecule has 2 aromatic heterocycles. The molecule has 0 aliphatic heterocycles. The van der Waals surface area contributed by atoms with Crippen LogP contribution in [0.5, 0.6) is 11.5 Å². The van der Waals surface area contributed by atoms with Crippen LogP contribution in [0.4, 0.5) is 5.88 Å². The van der Waals surface area contributed by atoms with Crippen LogP contribution in [0.15, 0.2) is 75.3 Å². The molecular formula is C27H25N5O4S. The SMILES string of the molecule is COc1cccc(-c2cc(-c3ccccc3)nc(SC/C([O-])=N/c3c[n+](C(C)C)no3)c2C#N)c1OC. The van der Waals surface area contributed by atoms with Crippen molar-refractivity contribution < 1.29 is 23.8 Å². The Morgan fingerprint density at radius 2 is 1.92 bits per heavy atom. The van der Waals surface area contributed by atoms with Gasteiger partial charge in [0.1, 0.15) is 11.1 Å². The zero-order chi connectivity index (χ0) is 26.4. The van der Waals surface area contributed by atoms with Crippen molar-refractivity contribution in [2.45, 2.75) is 24.9 Å². The van der Waals surface area contributed by atoms with Crippen LogP contribution in [-0.4, -0.2) is 36.1 Å². The van der Waals surface area contributed by atoms with Crippen LogP contribution >= 0.6 is 11.8 Å². The first kappa shape index (κ1) is 25.7. The molecule has 0 saturated carbocycles. The molecule has 0 saturated heterocycles. The Balaban J connectivity index is 1.78. The average Bonchev–Trinajstić information content (AvgIpc) is 3.40. The number of aromatic nitrogens is 3. The summed E-state index contributed by atoms with van der Waals surface area (Å²) in [6.07, 6.45) is 1.56. The van der Waals surface area contributed by atoms with E-state index in [1.165, 1.54) is 0 Å². The summed E-state index contributed by atoms with van der Waals surface area (Å²) in [5.74, 6) is 0.672. The predicted molar refractivity (Wildman–Crippen MR) is 138 cm³/mol. The molecule has 0 fully saturated rings. The zero-order valence-corrected chi connectivity index (χ0v) is 21.7. The van der Waals surface area contributed by atoms with E-state index in [0.717, 1.165) is 17.3 Å². The molecule has 0 radical (unpaired) electrons. The van der Waals surface area contributed by atoms with E-state index in [4.69, 9.17) is 19.0 Å². The molecule has 0 amide bonds. The Labute approximate surface area is 219 Å². The summed E-state index contributed by atoms with van der Waals surface area (Å²) in [7, 11) is 3.11. The molecule has 4 aromatic rings. The van der Waals surface area contributed by atoms with Gasteiger partial charge in [0.05, 0.1) is 25.5 Å². The fourth-order valence-electron chi connectivity index (χ4n) is 3.63. The molecule has 0 unspecified atom stereocenters. The number of hydrogen-bond donors (Lipinski definition) is 0. The maximum atomic E-state index is 12.6. The highest BCUT2D eigenvalue weighted by atomic mass is 32.2. The van der Waals surface area contributed by atoms with Gasteiger partial charge in [0.2, 0.25) is 5.27 Å². The van der Waals surface area contributed by atoms with Crippen molar-refractivity contribution in [1.82, 2.24) is 10.3 Å². The molecule has 188 valence electrons. The minimum atomic E-state index is -0.437. The van der Waals surface area contributed by atoms with Gasteiger partial charge in [0.25, 0.3) is 6.20 Å². The quantitative estimate of drug-likeness (QED) is 0.140. The minimum absolute atomic E-state index is 0.0447. The van der Waals surface area contributed by atoms with Crippen molar-refractivity contribution in [2.75, 3.05) is 20.0 Å². The maximum Gasteiger partial charge on any atom is 0.320 e. The number of pyridine rings is 1. The number of benzene rings is 2. The monoisotopic (exact) mass is 515 g/mol. The molecule has 2 aromatic carbocycles. The number of aliphatic imine (C=N–C) groups is 1. The highest BCUT2D eigenvalue weighted by Gasteiger charge is 2.20. The first-order valence-corrected chi connectivity index (χ1v) is 12.4. The fourth-order valence-corrected chi connectivity index (χ4v) is 4.42. The largest absolute Gasteiger partial charge is 0.861 e. The number of hydrogen-bond acceptors (Lipinski definition) is 9. The third kappa shape index (κ3) is 5.73. The molecule has 4 rings (SSSR count). The van der Waals surface area contributed by atoms with Crippen LogP contribution in [0, 0.1) is 11.3 Å². The standard InChI is InChI=1S/C27H25N5O4S/c1-17(2)32-15-25(36-31-32)30-24(33)16-37-27-21(14-28)20(13-22(29-27)18-9-6-5-7-10-18)19-11-8-12-23(34-3)26(19)35-4/h5-13,15,17H,16H2,1-4H3. The van der Waals surface area contributed by atoms with Gasteiger partial charge in [-0.05, 0) is 36.6 Å². The van der Waals surface area contributed by atoms with E-state index < -0.39 is 5.90 Å². The normalized spacial score (nSPS) is 11.4. The minimum Gasteiger partial charge on any atom is -0.861 e. The first-order chi connectivity index (χ1) is 17.9. The summed E-state index contributed by atoms with van der Waals surface area (Å²) in [6.45, 7) is 3.88. The van der Waals surface area contributed by atoms with Gasteiger partial charge in [-0.1, -0.05) is 54.2 Å². The van der Waals surface area contributed by atoms with E-state index in [1.54, 1.807) is 31.2 Å². The van der Waals surface area contributed by atoms with E-state index in [1.807, 2.05) is 62.4 Å². The van der Waals surface area contributed by atoms with Crippen molar-refractivity contribution in [3.8, 4) is 40.0 Å². The van der Waals surface area contributed by atoms with Crippen LogP contribution in [0.2, 0.25) is 0 Å². The Morgan fingerprint density at radius 3 is 2.57 bits per heavy atom. The summed E-state index contributed by atoms with van der Waals surface area (Å²) >= 11 is 1.14. The summed E-state index contributed by atoms with van der Waals surface area (Å²) < 4.78 is 17.8. The van der Waals surface area contributed by atoms with Crippen LogP contribution in [0.3, 0.4) is 0 Å². The Bertz CT molecular complexity index is 1460. The lowest BCUT2D eigenvalue weighted by molar-refractivity contribution is -0.779. The summed E-state index contributed by atoms with van der Waals surface area (Å²) in [5.41, 5.74) is 3.14. The maximum absolute atomic E-state index is 12.6. The predicted octanol–water partition coefficient (Wildman–Crippen LogP) is 4.34.